The fourth-order valence-corrected chi connectivity index (χ4v) is 3.19. The van der Waals surface area contributed by atoms with Crippen LogP contribution >= 0.6 is 11.6 Å². The van der Waals surface area contributed by atoms with Gasteiger partial charge in [-0.3, -0.25) is 4.79 Å². The molecule has 1 aromatic rings. The number of ether oxygens (including phenoxy) is 1. The summed E-state index contributed by atoms with van der Waals surface area (Å²) in [6.07, 6.45) is 3.68. The first-order valence-electron chi connectivity index (χ1n) is 7.87. The van der Waals surface area contributed by atoms with Crippen molar-refractivity contribution in [2.75, 3.05) is 18.5 Å². The predicted octanol–water partition coefficient (Wildman–Crippen LogP) is 2.60. The van der Waals surface area contributed by atoms with Crippen molar-refractivity contribution >= 4 is 35.2 Å². The lowest BCUT2D eigenvalue weighted by molar-refractivity contribution is -0.137. The van der Waals surface area contributed by atoms with E-state index in [9.17, 15) is 14.0 Å². The zero-order valence-corrected chi connectivity index (χ0v) is 13.9. The number of carbonyl (C=O) groups is 2. The summed E-state index contributed by atoms with van der Waals surface area (Å²) < 4.78 is 18.9. The van der Waals surface area contributed by atoms with Gasteiger partial charge in [-0.2, -0.15) is 0 Å². The maximum absolute atomic E-state index is 14.1. The van der Waals surface area contributed by atoms with Gasteiger partial charge in [0.25, 0.3) is 0 Å². The Morgan fingerprint density at radius 1 is 1.50 bits per heavy atom. The van der Waals surface area contributed by atoms with E-state index in [0.717, 1.165) is 19.0 Å². The fourth-order valence-electron chi connectivity index (χ4n) is 2.98. The molecule has 1 aliphatic heterocycles. The van der Waals surface area contributed by atoms with E-state index in [1.165, 1.54) is 18.2 Å². The molecule has 1 heterocycles. The largest absolute Gasteiger partial charge is 0.463 e. The average Bonchev–Trinajstić information content (AvgIpc) is 3.19. The fraction of sp³-hybridized carbons (Fsp3) is 0.412. The van der Waals surface area contributed by atoms with Crippen molar-refractivity contribution in [1.82, 2.24) is 5.32 Å². The van der Waals surface area contributed by atoms with Crippen LogP contribution in [0.3, 0.4) is 0 Å². The van der Waals surface area contributed by atoms with Crippen LogP contribution in [-0.2, 0) is 14.3 Å². The lowest BCUT2D eigenvalue weighted by Gasteiger charge is -2.14. The summed E-state index contributed by atoms with van der Waals surface area (Å²) in [6, 6.07) is 2.25. The maximum atomic E-state index is 14.1. The van der Waals surface area contributed by atoms with E-state index < -0.39 is 11.8 Å². The molecule has 0 bridgehead atoms. The van der Waals surface area contributed by atoms with Crippen LogP contribution in [0.5, 0.6) is 0 Å². The Bertz CT molecular complexity index is 707. The van der Waals surface area contributed by atoms with E-state index in [0.29, 0.717) is 17.4 Å². The number of carbonyl (C=O) groups excluding carboxylic acids is 2. The third-order valence-corrected chi connectivity index (χ3v) is 4.64. The number of benzene rings is 1. The van der Waals surface area contributed by atoms with Gasteiger partial charge in [0, 0.05) is 6.08 Å². The number of hydrogen-bond donors (Lipinski definition) is 2. The molecule has 0 aromatic heterocycles. The molecule has 7 heteroatoms. The minimum atomic E-state index is -0.619. The number of piperidine rings is 1. The molecule has 5 nitrogen and oxygen atoms in total. The van der Waals surface area contributed by atoms with Gasteiger partial charge < -0.3 is 15.4 Å². The van der Waals surface area contributed by atoms with Crippen molar-refractivity contribution in [3.8, 4) is 0 Å². The number of halogens is 2. The van der Waals surface area contributed by atoms with Crippen LogP contribution in [0.1, 0.15) is 18.9 Å². The van der Waals surface area contributed by atoms with Crippen molar-refractivity contribution in [3.05, 3.63) is 34.6 Å². The molecule has 0 spiro atoms. The first-order chi connectivity index (χ1) is 11.5. The smallest absolute Gasteiger partial charge is 0.330 e. The monoisotopic (exact) mass is 352 g/mol. The SMILES string of the molecule is CCOC(=O)C=Cc1cc(NC(=O)C2NCC3CC32)c(F)cc1Cl. The molecule has 2 aliphatic rings. The molecule has 128 valence electrons. The number of esters is 1. The molecule has 2 N–H and O–H groups in total. The third-order valence-electron chi connectivity index (χ3n) is 4.32. The number of amides is 1. The van der Waals surface area contributed by atoms with Crippen molar-refractivity contribution in [2.24, 2.45) is 11.8 Å². The van der Waals surface area contributed by atoms with Crippen molar-refractivity contribution in [3.63, 3.8) is 0 Å². The topological polar surface area (TPSA) is 67.4 Å². The molecule has 0 radical (unpaired) electrons. The number of nitrogens with one attached hydrogen (secondary N) is 2. The van der Waals surface area contributed by atoms with Crippen LogP contribution in [0.4, 0.5) is 10.1 Å². The van der Waals surface area contributed by atoms with Crippen LogP contribution < -0.4 is 10.6 Å². The van der Waals surface area contributed by atoms with Gasteiger partial charge in [0.15, 0.2) is 0 Å². The van der Waals surface area contributed by atoms with Gasteiger partial charge in [0.05, 0.1) is 23.4 Å². The molecular formula is C17H18ClFN2O3. The van der Waals surface area contributed by atoms with Gasteiger partial charge in [0.2, 0.25) is 5.91 Å². The first kappa shape index (κ1) is 16.9. The Kier molecular flexibility index (Phi) is 4.87. The van der Waals surface area contributed by atoms with Crippen LogP contribution in [0.2, 0.25) is 5.02 Å². The molecule has 3 unspecified atom stereocenters. The highest BCUT2D eigenvalue weighted by Gasteiger charge is 2.50. The Labute approximate surface area is 144 Å². The quantitative estimate of drug-likeness (QED) is 0.631. The second-order valence-corrected chi connectivity index (χ2v) is 6.38. The first-order valence-corrected chi connectivity index (χ1v) is 8.25. The lowest BCUT2D eigenvalue weighted by Crippen LogP contribution is -2.39. The molecule has 1 aromatic carbocycles. The average molecular weight is 353 g/mol. The zero-order valence-electron chi connectivity index (χ0n) is 13.1. The van der Waals surface area contributed by atoms with E-state index in [4.69, 9.17) is 16.3 Å². The van der Waals surface area contributed by atoms with E-state index in [1.54, 1.807) is 6.92 Å². The Morgan fingerprint density at radius 3 is 2.92 bits per heavy atom. The van der Waals surface area contributed by atoms with Gasteiger partial charge in [-0.25, -0.2) is 9.18 Å². The van der Waals surface area contributed by atoms with Gasteiger partial charge in [-0.1, -0.05) is 11.6 Å². The van der Waals surface area contributed by atoms with Crippen LogP contribution in [0.15, 0.2) is 18.2 Å². The maximum Gasteiger partial charge on any atom is 0.330 e. The normalized spacial score (nSPS) is 24.7. The summed E-state index contributed by atoms with van der Waals surface area (Å²) >= 11 is 5.99. The van der Waals surface area contributed by atoms with Crippen LogP contribution in [-0.4, -0.2) is 31.1 Å². The Balaban J connectivity index is 1.74. The molecule has 1 saturated heterocycles. The minimum Gasteiger partial charge on any atom is -0.463 e. The second-order valence-electron chi connectivity index (χ2n) is 5.97. The van der Waals surface area contributed by atoms with Crippen molar-refractivity contribution < 1.29 is 18.7 Å². The van der Waals surface area contributed by atoms with Gasteiger partial charge >= 0.3 is 5.97 Å². The highest BCUT2D eigenvalue weighted by Crippen LogP contribution is 2.45. The minimum absolute atomic E-state index is 0.0406. The molecule has 1 amide bonds. The Morgan fingerprint density at radius 2 is 2.29 bits per heavy atom. The van der Waals surface area contributed by atoms with Crippen molar-refractivity contribution in [1.29, 1.82) is 0 Å². The second kappa shape index (κ2) is 6.91. The number of hydrogen-bond acceptors (Lipinski definition) is 4. The lowest BCUT2D eigenvalue weighted by atomic mass is 10.1. The van der Waals surface area contributed by atoms with Gasteiger partial charge in [-0.05, 0) is 55.5 Å². The zero-order chi connectivity index (χ0) is 17.3. The highest BCUT2D eigenvalue weighted by molar-refractivity contribution is 6.32. The molecular weight excluding hydrogens is 335 g/mol. The van der Waals surface area contributed by atoms with Crippen molar-refractivity contribution in [2.45, 2.75) is 19.4 Å². The summed E-state index contributed by atoms with van der Waals surface area (Å²) in [5.74, 6) is -0.464. The molecule has 1 saturated carbocycles. The Hall–Kier alpha value is -1.92. The number of rotatable bonds is 5. The van der Waals surface area contributed by atoms with Crippen LogP contribution in [0.25, 0.3) is 6.08 Å². The van der Waals surface area contributed by atoms with Gasteiger partial charge in [-0.15, -0.1) is 0 Å². The highest BCUT2D eigenvalue weighted by atomic mass is 35.5. The summed E-state index contributed by atoms with van der Waals surface area (Å²) in [4.78, 5) is 23.7. The van der Waals surface area contributed by atoms with E-state index in [-0.39, 0.29) is 29.3 Å². The summed E-state index contributed by atoms with van der Waals surface area (Å²) in [5.41, 5.74) is 0.462. The van der Waals surface area contributed by atoms with E-state index >= 15 is 0 Å². The van der Waals surface area contributed by atoms with E-state index in [1.807, 2.05) is 0 Å². The molecule has 24 heavy (non-hydrogen) atoms. The molecule has 3 atom stereocenters. The standard InChI is InChI=1S/C17H18ClFN2O3/c1-2-24-15(22)4-3-9-6-14(13(19)7-12(9)18)21-17(23)16-11-5-10(11)8-20-16/h3-4,6-7,10-11,16,20H,2,5,8H2,1H3,(H,21,23). The van der Waals surface area contributed by atoms with Crippen LogP contribution in [0, 0.1) is 17.7 Å². The molecule has 1 aliphatic carbocycles. The van der Waals surface area contributed by atoms with Gasteiger partial charge in [0.1, 0.15) is 5.82 Å². The molecule has 2 fully saturated rings. The summed E-state index contributed by atoms with van der Waals surface area (Å²) in [7, 11) is 0. The molecule has 3 rings (SSSR count). The number of anilines is 1. The third kappa shape index (κ3) is 3.60. The van der Waals surface area contributed by atoms with E-state index in [2.05, 4.69) is 10.6 Å². The summed E-state index contributed by atoms with van der Waals surface area (Å²) in [6.45, 7) is 2.79. The number of fused-ring (bicyclic) bond motifs is 1. The summed E-state index contributed by atoms with van der Waals surface area (Å²) in [5, 5.41) is 5.89. The predicted molar refractivity (Wildman–Crippen MR) is 89.1 cm³/mol.